The third-order valence-corrected chi connectivity index (χ3v) is 7.54. The Hall–Kier alpha value is -2.67. The van der Waals surface area contributed by atoms with Crippen LogP contribution in [0.5, 0.6) is 11.5 Å². The molecule has 2 aliphatic rings. The van der Waals surface area contributed by atoms with Gasteiger partial charge in [0.15, 0.2) is 0 Å². The first-order chi connectivity index (χ1) is 13.6. The number of halogens is 1. The number of rotatable bonds is 2. The molecule has 3 aromatic carbocycles. The maximum Gasteiger partial charge on any atom is 0.132 e. The smallest absolute Gasteiger partial charge is 0.132 e. The summed E-state index contributed by atoms with van der Waals surface area (Å²) in [7, 11) is 0. The Bertz CT molecular complexity index is 1120. The van der Waals surface area contributed by atoms with Gasteiger partial charge in [-0.3, -0.25) is 0 Å². The van der Waals surface area contributed by atoms with Crippen LogP contribution in [0.3, 0.4) is 0 Å². The number of nitrogens with zero attached hydrogens (tertiary/aromatic N) is 1. The van der Waals surface area contributed by atoms with Gasteiger partial charge in [-0.2, -0.15) is 5.26 Å². The van der Waals surface area contributed by atoms with Crippen LogP contribution in [0.2, 0.25) is 5.02 Å². The van der Waals surface area contributed by atoms with Gasteiger partial charge in [0.05, 0.1) is 21.1 Å². The van der Waals surface area contributed by atoms with E-state index in [0.29, 0.717) is 10.6 Å². The van der Waals surface area contributed by atoms with E-state index in [2.05, 4.69) is 31.2 Å². The molecule has 0 aliphatic carbocycles. The Morgan fingerprint density at radius 2 is 1.54 bits per heavy atom. The molecule has 0 amide bonds. The molecule has 136 valence electrons. The predicted octanol–water partition coefficient (Wildman–Crippen LogP) is 6.80. The van der Waals surface area contributed by atoms with Crippen molar-refractivity contribution in [2.45, 2.75) is 16.4 Å². The number of hydrogen-bond donors (Lipinski definition) is 0. The first kappa shape index (κ1) is 17.4. The van der Waals surface area contributed by atoms with Gasteiger partial charge in [0.25, 0.3) is 0 Å². The molecule has 2 aliphatic heterocycles. The van der Waals surface area contributed by atoms with Gasteiger partial charge in [-0.1, -0.05) is 60.1 Å². The van der Waals surface area contributed by atoms with Crippen molar-refractivity contribution in [3.63, 3.8) is 0 Å². The molecule has 0 saturated carbocycles. The summed E-state index contributed by atoms with van der Waals surface area (Å²) in [6, 6.07) is 26.2. The fourth-order valence-corrected chi connectivity index (χ4v) is 5.83. The van der Waals surface area contributed by atoms with Gasteiger partial charge in [0.1, 0.15) is 11.5 Å². The van der Waals surface area contributed by atoms with Gasteiger partial charge in [0.2, 0.25) is 0 Å². The maximum absolute atomic E-state index is 9.83. The highest BCUT2D eigenvalue weighted by Gasteiger charge is 2.69. The lowest BCUT2D eigenvalue weighted by Crippen LogP contribution is -2.25. The molecule has 4 heteroatoms. The van der Waals surface area contributed by atoms with Crippen molar-refractivity contribution in [3.8, 4) is 17.6 Å². The fraction of sp³-hybridized carbons (Fsp3) is 0.125. The number of hydrogen-bond acceptors (Lipinski definition) is 3. The van der Waals surface area contributed by atoms with Crippen molar-refractivity contribution in [3.05, 3.63) is 101 Å². The Kier molecular flexibility index (Phi) is 3.84. The maximum atomic E-state index is 9.83. The lowest BCUT2D eigenvalue weighted by Gasteiger charge is -2.29. The van der Waals surface area contributed by atoms with Crippen molar-refractivity contribution >= 4 is 28.9 Å². The number of benzene rings is 3. The van der Waals surface area contributed by atoms with Crippen LogP contribution < -0.4 is 4.74 Å². The van der Waals surface area contributed by atoms with Gasteiger partial charge >= 0.3 is 0 Å². The summed E-state index contributed by atoms with van der Waals surface area (Å²) in [5.41, 5.74) is 3.85. The molecule has 1 fully saturated rings. The van der Waals surface area contributed by atoms with Crippen molar-refractivity contribution in [2.24, 2.45) is 0 Å². The molecule has 1 saturated heterocycles. The molecule has 28 heavy (non-hydrogen) atoms. The summed E-state index contributed by atoms with van der Waals surface area (Å²) in [6.07, 6.45) is 2.10. The number of ether oxygens (including phenoxy) is 1. The van der Waals surface area contributed by atoms with Crippen molar-refractivity contribution < 1.29 is 4.74 Å². The minimum Gasteiger partial charge on any atom is -0.457 e. The van der Waals surface area contributed by atoms with E-state index in [-0.39, 0.29) is 9.49 Å². The minimum absolute atomic E-state index is 0.256. The SMILES string of the molecule is CC1(/C=C(\C#N)c2ccc(Cl)cc2)SC12c1ccccc1Oc1ccccc12. The Morgan fingerprint density at radius 1 is 0.964 bits per heavy atom. The highest BCUT2D eigenvalue weighted by Crippen LogP contribution is 2.77. The molecule has 5 rings (SSSR count). The van der Waals surface area contributed by atoms with E-state index >= 15 is 0 Å². The average Bonchev–Trinajstić information content (AvgIpc) is 3.32. The molecule has 1 unspecified atom stereocenters. The average molecular weight is 402 g/mol. The molecular formula is C24H16ClNOS. The number of thioether (sulfide) groups is 1. The third kappa shape index (κ3) is 2.42. The summed E-state index contributed by atoms with van der Waals surface area (Å²) < 4.78 is 5.65. The Morgan fingerprint density at radius 3 is 2.11 bits per heavy atom. The van der Waals surface area contributed by atoms with E-state index < -0.39 is 0 Å². The van der Waals surface area contributed by atoms with Crippen molar-refractivity contribution in [1.82, 2.24) is 0 Å². The van der Waals surface area contributed by atoms with Gasteiger partial charge in [-0.05, 0) is 42.8 Å². The van der Waals surface area contributed by atoms with E-state index in [1.165, 1.54) is 0 Å². The summed E-state index contributed by atoms with van der Waals surface area (Å²) in [4.78, 5) is 0. The molecule has 0 radical (unpaired) electrons. The molecule has 1 atom stereocenters. The van der Waals surface area contributed by atoms with Crippen LogP contribution >= 0.6 is 23.4 Å². The van der Waals surface area contributed by atoms with Crippen LogP contribution in [-0.2, 0) is 4.75 Å². The van der Waals surface area contributed by atoms with Crippen molar-refractivity contribution in [1.29, 1.82) is 5.26 Å². The van der Waals surface area contributed by atoms with E-state index in [1.54, 1.807) is 0 Å². The summed E-state index contributed by atoms with van der Waals surface area (Å²) >= 11 is 7.87. The summed E-state index contributed by atoms with van der Waals surface area (Å²) in [5.74, 6) is 1.77. The Labute approximate surface area is 173 Å². The monoisotopic (exact) mass is 401 g/mol. The first-order valence-corrected chi connectivity index (χ1v) is 10.2. The van der Waals surface area contributed by atoms with Crippen LogP contribution in [-0.4, -0.2) is 4.75 Å². The molecule has 0 bridgehead atoms. The number of allylic oxidation sites excluding steroid dienone is 1. The fourth-order valence-electron chi connectivity index (χ4n) is 4.11. The van der Waals surface area contributed by atoms with Crippen LogP contribution in [0.4, 0.5) is 0 Å². The largest absolute Gasteiger partial charge is 0.457 e. The summed E-state index contributed by atoms with van der Waals surface area (Å²) in [6.45, 7) is 2.20. The standard InChI is InChI=1S/C24H16ClNOS/c1-23(14-17(15-26)16-10-12-18(25)13-11-16)24(28-23)19-6-2-4-8-21(19)27-22-9-5-3-7-20(22)24/h2-14H,1H3/b17-14+. The van der Waals surface area contributed by atoms with Gasteiger partial charge in [-0.15, -0.1) is 11.8 Å². The zero-order valence-corrected chi connectivity index (χ0v) is 16.7. The second kappa shape index (κ2) is 6.17. The molecule has 0 N–H and O–H groups in total. The zero-order chi connectivity index (χ0) is 19.4. The normalized spacial score (nSPS) is 21.2. The first-order valence-electron chi connectivity index (χ1n) is 9.03. The van der Waals surface area contributed by atoms with Crippen molar-refractivity contribution in [2.75, 3.05) is 0 Å². The molecule has 2 nitrogen and oxygen atoms in total. The number of nitriles is 1. The van der Waals surface area contributed by atoms with Gasteiger partial charge in [-0.25, -0.2) is 0 Å². The number of fused-ring (bicyclic) bond motifs is 4. The van der Waals surface area contributed by atoms with Gasteiger partial charge in [0, 0.05) is 16.1 Å². The molecular weight excluding hydrogens is 386 g/mol. The molecule has 0 aromatic heterocycles. The molecule has 3 aromatic rings. The van der Waals surface area contributed by atoms with Gasteiger partial charge < -0.3 is 4.74 Å². The molecule has 1 spiro atoms. The number of para-hydroxylation sites is 2. The van der Waals surface area contributed by atoms with Crippen LogP contribution in [0, 0.1) is 11.3 Å². The van der Waals surface area contributed by atoms with E-state index in [4.69, 9.17) is 16.3 Å². The van der Waals surface area contributed by atoms with Crippen LogP contribution in [0.25, 0.3) is 5.57 Å². The molecule has 2 heterocycles. The second-order valence-corrected chi connectivity index (χ2v) is 9.26. The summed E-state index contributed by atoms with van der Waals surface area (Å²) in [5, 5.41) is 10.5. The third-order valence-electron chi connectivity index (χ3n) is 5.47. The van der Waals surface area contributed by atoms with E-state index in [9.17, 15) is 5.26 Å². The Balaban J connectivity index is 1.67. The lowest BCUT2D eigenvalue weighted by atomic mass is 9.78. The lowest BCUT2D eigenvalue weighted by molar-refractivity contribution is 0.439. The highest BCUT2D eigenvalue weighted by atomic mass is 35.5. The predicted molar refractivity (Wildman–Crippen MR) is 115 cm³/mol. The second-order valence-electron chi connectivity index (χ2n) is 7.16. The zero-order valence-electron chi connectivity index (χ0n) is 15.1. The van der Waals surface area contributed by atoms with Crippen LogP contribution in [0.1, 0.15) is 23.6 Å². The quantitative estimate of drug-likeness (QED) is 0.349. The van der Waals surface area contributed by atoms with E-state index in [0.717, 1.165) is 28.2 Å². The highest BCUT2D eigenvalue weighted by molar-refractivity contribution is 8.09. The van der Waals surface area contributed by atoms with Crippen LogP contribution in [0.15, 0.2) is 78.9 Å². The minimum atomic E-state index is -0.257. The topological polar surface area (TPSA) is 33.0 Å². The van der Waals surface area contributed by atoms with E-state index in [1.807, 2.05) is 72.4 Å².